The quantitative estimate of drug-likeness (QED) is 0.835. The van der Waals surface area contributed by atoms with Crippen molar-refractivity contribution < 1.29 is 14.7 Å². The molecule has 134 valence electrons. The van der Waals surface area contributed by atoms with Gasteiger partial charge in [-0.25, -0.2) is 0 Å². The van der Waals surface area contributed by atoms with E-state index in [1.165, 1.54) is 11.3 Å². The summed E-state index contributed by atoms with van der Waals surface area (Å²) in [5.41, 5.74) is 2.20. The first-order valence-corrected chi connectivity index (χ1v) is 9.47. The zero-order valence-electron chi connectivity index (χ0n) is 14.5. The monoisotopic (exact) mass is 368 g/mol. The Kier molecular flexibility index (Phi) is 5.38. The molecule has 0 spiro atoms. The van der Waals surface area contributed by atoms with E-state index in [1.807, 2.05) is 37.3 Å². The molecule has 1 aliphatic carbocycles. The number of nitrogens with zero attached hydrogens (tertiary/aromatic N) is 1. The van der Waals surface area contributed by atoms with Gasteiger partial charge in [0.25, 0.3) is 0 Å². The number of amides is 1. The summed E-state index contributed by atoms with van der Waals surface area (Å²) in [6, 6.07) is 11.8. The maximum Gasteiger partial charge on any atom is 0.307 e. The molecular weight excluding hydrogens is 348 g/mol. The van der Waals surface area contributed by atoms with Gasteiger partial charge >= 0.3 is 5.97 Å². The van der Waals surface area contributed by atoms with Crippen LogP contribution in [-0.2, 0) is 9.59 Å². The highest BCUT2D eigenvalue weighted by molar-refractivity contribution is 7.17. The molecule has 2 N–H and O–H groups in total. The van der Waals surface area contributed by atoms with Crippen LogP contribution in [0.25, 0.3) is 11.1 Å². The minimum Gasteiger partial charge on any atom is -0.481 e. The van der Waals surface area contributed by atoms with Crippen molar-refractivity contribution in [3.8, 4) is 17.2 Å². The number of aliphatic carboxylic acids is 1. The first-order chi connectivity index (χ1) is 12.5. The van der Waals surface area contributed by atoms with Crippen molar-refractivity contribution in [3.63, 3.8) is 0 Å². The molecule has 2 aromatic rings. The third kappa shape index (κ3) is 3.49. The van der Waals surface area contributed by atoms with Crippen molar-refractivity contribution in [2.24, 2.45) is 11.8 Å². The van der Waals surface area contributed by atoms with Crippen LogP contribution in [-0.4, -0.2) is 17.0 Å². The van der Waals surface area contributed by atoms with Crippen molar-refractivity contribution >= 4 is 28.2 Å². The van der Waals surface area contributed by atoms with Crippen LogP contribution in [0.1, 0.15) is 36.1 Å². The molecule has 1 aromatic heterocycles. The lowest BCUT2D eigenvalue weighted by molar-refractivity contribution is -0.147. The number of nitrogens with one attached hydrogen (secondary N) is 1. The van der Waals surface area contributed by atoms with Crippen LogP contribution in [0, 0.1) is 30.1 Å². The first kappa shape index (κ1) is 18.2. The maximum absolute atomic E-state index is 12.7. The highest BCUT2D eigenvalue weighted by atomic mass is 32.1. The Balaban J connectivity index is 1.90. The number of carbonyl (C=O) groups is 2. The van der Waals surface area contributed by atoms with Gasteiger partial charge in [0.2, 0.25) is 5.91 Å². The van der Waals surface area contributed by atoms with E-state index < -0.39 is 17.8 Å². The van der Waals surface area contributed by atoms with Crippen LogP contribution in [0.5, 0.6) is 0 Å². The summed E-state index contributed by atoms with van der Waals surface area (Å²) in [7, 11) is 0. The smallest absolute Gasteiger partial charge is 0.307 e. The second-order valence-corrected chi connectivity index (χ2v) is 7.76. The number of rotatable bonds is 4. The van der Waals surface area contributed by atoms with E-state index in [0.717, 1.165) is 28.8 Å². The molecule has 0 radical (unpaired) electrons. The number of carboxylic acids is 1. The molecule has 1 heterocycles. The van der Waals surface area contributed by atoms with Crippen LogP contribution >= 0.6 is 11.3 Å². The zero-order chi connectivity index (χ0) is 18.7. The molecule has 2 atom stereocenters. The normalized spacial score (nSPS) is 19.5. The highest BCUT2D eigenvalue weighted by Gasteiger charge is 2.36. The summed E-state index contributed by atoms with van der Waals surface area (Å²) in [4.78, 5) is 25.1. The Labute approximate surface area is 156 Å². The van der Waals surface area contributed by atoms with Gasteiger partial charge in [0, 0.05) is 10.4 Å². The number of carbonyl (C=O) groups excluding carboxylic acids is 1. The first-order valence-electron chi connectivity index (χ1n) is 8.65. The Morgan fingerprint density at radius 3 is 2.46 bits per heavy atom. The van der Waals surface area contributed by atoms with Gasteiger partial charge in [-0.05, 0) is 25.3 Å². The lowest BCUT2D eigenvalue weighted by Crippen LogP contribution is -2.36. The Morgan fingerprint density at radius 2 is 1.85 bits per heavy atom. The lowest BCUT2D eigenvalue weighted by Gasteiger charge is -2.27. The van der Waals surface area contributed by atoms with Gasteiger partial charge in [-0.2, -0.15) is 5.26 Å². The Hall–Kier alpha value is -2.65. The second-order valence-electron chi connectivity index (χ2n) is 6.54. The predicted octanol–water partition coefficient (Wildman–Crippen LogP) is 4.42. The van der Waals surface area contributed by atoms with Gasteiger partial charge in [0.1, 0.15) is 11.1 Å². The van der Waals surface area contributed by atoms with E-state index >= 15 is 0 Å². The highest BCUT2D eigenvalue weighted by Crippen LogP contribution is 2.40. The summed E-state index contributed by atoms with van der Waals surface area (Å²) >= 11 is 1.36. The summed E-state index contributed by atoms with van der Waals surface area (Å²) in [6.45, 7) is 1.92. The van der Waals surface area contributed by atoms with Crippen molar-refractivity contribution in [3.05, 3.63) is 40.8 Å². The Morgan fingerprint density at radius 1 is 1.19 bits per heavy atom. The third-order valence-electron chi connectivity index (χ3n) is 4.92. The average molecular weight is 368 g/mol. The molecule has 0 aliphatic heterocycles. The molecule has 0 unspecified atom stereocenters. The van der Waals surface area contributed by atoms with Crippen molar-refractivity contribution in [1.82, 2.24) is 0 Å². The number of hydrogen-bond acceptors (Lipinski definition) is 4. The van der Waals surface area contributed by atoms with Crippen LogP contribution in [0.15, 0.2) is 30.3 Å². The number of benzene rings is 1. The lowest BCUT2D eigenvalue weighted by atomic mass is 9.79. The van der Waals surface area contributed by atoms with Crippen molar-refractivity contribution in [2.75, 3.05) is 5.32 Å². The SMILES string of the molecule is Cc1sc(NC(=O)[C@@H]2CCCC[C@@H]2C(=O)O)c(C#N)c1-c1ccccc1. The third-order valence-corrected chi connectivity index (χ3v) is 5.94. The predicted molar refractivity (Wildman–Crippen MR) is 101 cm³/mol. The fourth-order valence-corrected chi connectivity index (χ4v) is 4.67. The Bertz CT molecular complexity index is 867. The molecule has 26 heavy (non-hydrogen) atoms. The molecule has 5 nitrogen and oxygen atoms in total. The standard InChI is InChI=1S/C20H20N2O3S/c1-12-17(13-7-3-2-4-8-13)16(11-21)19(26-12)22-18(23)14-9-5-6-10-15(14)20(24)25/h2-4,7-8,14-15H,5-6,9-10H2,1H3,(H,22,23)(H,24,25)/t14-,15+/m1/s1. The maximum atomic E-state index is 12.7. The van der Waals surface area contributed by atoms with Gasteiger partial charge in [-0.1, -0.05) is 43.2 Å². The number of carboxylic acid groups (broad SMARTS) is 1. The topological polar surface area (TPSA) is 90.2 Å². The second kappa shape index (κ2) is 7.71. The van der Waals surface area contributed by atoms with E-state index in [2.05, 4.69) is 11.4 Å². The molecule has 1 aliphatic rings. The molecule has 3 rings (SSSR count). The van der Waals surface area contributed by atoms with Crippen LogP contribution < -0.4 is 5.32 Å². The number of hydrogen-bond donors (Lipinski definition) is 2. The molecule has 1 saturated carbocycles. The largest absolute Gasteiger partial charge is 0.481 e. The zero-order valence-corrected chi connectivity index (χ0v) is 15.3. The summed E-state index contributed by atoms with van der Waals surface area (Å²) < 4.78 is 0. The summed E-state index contributed by atoms with van der Waals surface area (Å²) in [6.07, 6.45) is 2.78. The number of thiophene rings is 1. The summed E-state index contributed by atoms with van der Waals surface area (Å²) in [5, 5.41) is 22.4. The fourth-order valence-electron chi connectivity index (χ4n) is 3.64. The molecular formula is C20H20N2O3S. The number of nitriles is 1. The average Bonchev–Trinajstić information content (AvgIpc) is 2.97. The van der Waals surface area contributed by atoms with Gasteiger partial charge in [0.05, 0.1) is 17.4 Å². The van der Waals surface area contributed by atoms with Gasteiger partial charge in [0.15, 0.2) is 0 Å². The molecule has 0 bridgehead atoms. The van der Waals surface area contributed by atoms with E-state index in [1.54, 1.807) is 0 Å². The van der Waals surface area contributed by atoms with Crippen LogP contribution in [0.4, 0.5) is 5.00 Å². The van der Waals surface area contributed by atoms with Crippen molar-refractivity contribution in [2.45, 2.75) is 32.6 Å². The molecule has 6 heteroatoms. The van der Waals surface area contributed by atoms with Gasteiger partial charge in [-0.15, -0.1) is 11.3 Å². The number of anilines is 1. The van der Waals surface area contributed by atoms with Gasteiger partial charge < -0.3 is 10.4 Å². The van der Waals surface area contributed by atoms with Gasteiger partial charge in [-0.3, -0.25) is 9.59 Å². The van der Waals surface area contributed by atoms with E-state index in [0.29, 0.717) is 23.4 Å². The van der Waals surface area contributed by atoms with Crippen LogP contribution in [0.3, 0.4) is 0 Å². The minimum atomic E-state index is -0.919. The summed E-state index contributed by atoms with van der Waals surface area (Å²) in [5.74, 6) is -2.41. The van der Waals surface area contributed by atoms with E-state index in [9.17, 15) is 20.0 Å². The number of aryl methyl sites for hydroxylation is 1. The molecule has 1 aromatic carbocycles. The fraction of sp³-hybridized carbons (Fsp3) is 0.350. The molecule has 0 saturated heterocycles. The minimum absolute atomic E-state index is 0.297. The molecule has 1 fully saturated rings. The van der Waals surface area contributed by atoms with Crippen LogP contribution in [0.2, 0.25) is 0 Å². The molecule has 1 amide bonds. The van der Waals surface area contributed by atoms with E-state index in [4.69, 9.17) is 0 Å². The van der Waals surface area contributed by atoms with Crippen molar-refractivity contribution in [1.29, 1.82) is 5.26 Å². The van der Waals surface area contributed by atoms with E-state index in [-0.39, 0.29) is 5.91 Å².